The molecule has 0 aliphatic heterocycles. The molecule has 0 bridgehead atoms. The molecule has 0 radical (unpaired) electrons. The first-order valence-corrected chi connectivity index (χ1v) is 6.42. The summed E-state index contributed by atoms with van der Waals surface area (Å²) in [5.41, 5.74) is 2.36. The Morgan fingerprint density at radius 3 is 2.60 bits per heavy atom. The van der Waals surface area contributed by atoms with Crippen molar-refractivity contribution in [3.05, 3.63) is 38.9 Å². The van der Waals surface area contributed by atoms with Crippen LogP contribution in [0.4, 0.5) is 0 Å². The number of hydrogen-bond donors (Lipinski definition) is 0. The minimum atomic E-state index is 0.492. The van der Waals surface area contributed by atoms with E-state index in [0.717, 1.165) is 14.5 Å². The molecule has 1 aromatic heterocycles. The smallest absolute Gasteiger partial charge is 0.0716 e. The summed E-state index contributed by atoms with van der Waals surface area (Å²) < 4.78 is 2.16. The van der Waals surface area contributed by atoms with Crippen LogP contribution in [0.15, 0.2) is 33.3 Å². The highest BCUT2D eigenvalue weighted by Crippen LogP contribution is 2.31. The average Bonchev–Trinajstić information content (AvgIpc) is 2.17. The van der Waals surface area contributed by atoms with Crippen LogP contribution in [0, 0.1) is 0 Å². The Balaban J connectivity index is 2.82. The normalized spacial score (nSPS) is 11.3. The fourth-order valence-corrected chi connectivity index (χ4v) is 2.87. The van der Waals surface area contributed by atoms with Crippen molar-refractivity contribution < 1.29 is 0 Å². The van der Waals surface area contributed by atoms with Gasteiger partial charge in [-0.2, -0.15) is 0 Å². The zero-order valence-corrected chi connectivity index (χ0v) is 11.8. The molecule has 15 heavy (non-hydrogen) atoms. The molecular formula is C12H11Br2N. The molecule has 0 saturated heterocycles. The Morgan fingerprint density at radius 2 is 1.93 bits per heavy atom. The van der Waals surface area contributed by atoms with Gasteiger partial charge in [0.2, 0.25) is 0 Å². The van der Waals surface area contributed by atoms with E-state index in [4.69, 9.17) is 0 Å². The van der Waals surface area contributed by atoms with Gasteiger partial charge in [-0.15, -0.1) is 0 Å². The molecule has 0 aliphatic carbocycles. The van der Waals surface area contributed by atoms with Crippen LogP contribution in [0.2, 0.25) is 0 Å². The van der Waals surface area contributed by atoms with Gasteiger partial charge in [0.1, 0.15) is 0 Å². The second-order valence-corrected chi connectivity index (χ2v) is 5.61. The first kappa shape index (κ1) is 11.1. The molecule has 0 amide bonds. The Kier molecular flexibility index (Phi) is 3.12. The summed E-state index contributed by atoms with van der Waals surface area (Å²) in [4.78, 5) is 4.41. The molecule has 0 fully saturated rings. The molecule has 2 aromatic rings. The minimum absolute atomic E-state index is 0.492. The molecule has 3 heteroatoms. The Hall–Kier alpha value is -0.410. The quantitative estimate of drug-likeness (QED) is 0.726. The van der Waals surface area contributed by atoms with E-state index in [2.05, 4.69) is 62.8 Å². The molecule has 2 rings (SSSR count). The predicted molar refractivity (Wildman–Crippen MR) is 71.2 cm³/mol. The second kappa shape index (κ2) is 4.22. The average molecular weight is 329 g/mol. The van der Waals surface area contributed by atoms with Gasteiger partial charge in [0.25, 0.3) is 0 Å². The maximum atomic E-state index is 4.41. The molecule has 78 valence electrons. The van der Waals surface area contributed by atoms with Gasteiger partial charge in [-0.25, -0.2) is 0 Å². The van der Waals surface area contributed by atoms with Crippen molar-refractivity contribution in [3.63, 3.8) is 0 Å². The lowest BCUT2D eigenvalue weighted by atomic mass is 9.99. The van der Waals surface area contributed by atoms with Gasteiger partial charge in [0.05, 0.1) is 5.52 Å². The Bertz CT molecular complexity index is 506. The van der Waals surface area contributed by atoms with Gasteiger partial charge in [-0.1, -0.05) is 35.8 Å². The number of fused-ring (bicyclic) bond motifs is 1. The number of benzene rings is 1. The molecule has 0 N–H and O–H groups in total. The minimum Gasteiger partial charge on any atom is -0.255 e. The van der Waals surface area contributed by atoms with Gasteiger partial charge in [-0.3, -0.25) is 4.98 Å². The van der Waals surface area contributed by atoms with Crippen LogP contribution in [0.25, 0.3) is 10.9 Å². The third-order valence-electron chi connectivity index (χ3n) is 2.40. The molecule has 1 nitrogen and oxygen atoms in total. The van der Waals surface area contributed by atoms with Gasteiger partial charge in [0, 0.05) is 20.5 Å². The van der Waals surface area contributed by atoms with Gasteiger partial charge < -0.3 is 0 Å². The first-order valence-electron chi connectivity index (χ1n) is 4.83. The van der Waals surface area contributed by atoms with Crippen molar-refractivity contribution in [2.45, 2.75) is 19.8 Å². The third-order valence-corrected chi connectivity index (χ3v) is 3.53. The summed E-state index contributed by atoms with van der Waals surface area (Å²) in [6.45, 7) is 4.39. The van der Waals surface area contributed by atoms with Crippen LogP contribution >= 0.6 is 31.9 Å². The highest BCUT2D eigenvalue weighted by atomic mass is 79.9. The van der Waals surface area contributed by atoms with E-state index >= 15 is 0 Å². The van der Waals surface area contributed by atoms with Crippen molar-refractivity contribution in [2.24, 2.45) is 0 Å². The molecule has 0 atom stereocenters. The standard InChI is InChI=1S/C12H11Br2N/c1-7(2)12-9-4-3-8(13)5-11(9)15-6-10(12)14/h3-7H,1-2H3. The van der Waals surface area contributed by atoms with Gasteiger partial charge in [-0.05, 0) is 39.5 Å². The zero-order valence-electron chi connectivity index (χ0n) is 8.59. The fraction of sp³-hybridized carbons (Fsp3) is 0.250. The van der Waals surface area contributed by atoms with E-state index in [-0.39, 0.29) is 0 Å². The first-order chi connectivity index (χ1) is 7.09. The highest BCUT2D eigenvalue weighted by molar-refractivity contribution is 9.10. The Labute approximate surface area is 106 Å². The van der Waals surface area contributed by atoms with E-state index in [1.54, 1.807) is 0 Å². The number of nitrogens with zero attached hydrogens (tertiary/aromatic N) is 1. The third kappa shape index (κ3) is 2.08. The largest absolute Gasteiger partial charge is 0.255 e. The topological polar surface area (TPSA) is 12.9 Å². The fourth-order valence-electron chi connectivity index (χ4n) is 1.75. The van der Waals surface area contributed by atoms with Crippen molar-refractivity contribution in [1.29, 1.82) is 0 Å². The molecule has 0 unspecified atom stereocenters. The molecule has 0 spiro atoms. The van der Waals surface area contributed by atoms with E-state index in [0.29, 0.717) is 5.92 Å². The number of hydrogen-bond acceptors (Lipinski definition) is 1. The molecule has 0 aliphatic rings. The lowest BCUT2D eigenvalue weighted by molar-refractivity contribution is 0.868. The molecular weight excluding hydrogens is 318 g/mol. The van der Waals surface area contributed by atoms with Crippen LogP contribution in [0.3, 0.4) is 0 Å². The van der Waals surface area contributed by atoms with E-state index < -0.39 is 0 Å². The number of pyridine rings is 1. The predicted octanol–water partition coefficient (Wildman–Crippen LogP) is 4.88. The van der Waals surface area contributed by atoms with E-state index in [1.807, 2.05) is 12.3 Å². The maximum Gasteiger partial charge on any atom is 0.0716 e. The molecule has 0 saturated carbocycles. The van der Waals surface area contributed by atoms with Crippen LogP contribution in [0.5, 0.6) is 0 Å². The van der Waals surface area contributed by atoms with E-state index in [9.17, 15) is 0 Å². The Morgan fingerprint density at radius 1 is 1.20 bits per heavy atom. The summed E-state index contributed by atoms with van der Waals surface area (Å²) in [6, 6.07) is 6.22. The van der Waals surface area contributed by atoms with Crippen LogP contribution in [-0.2, 0) is 0 Å². The van der Waals surface area contributed by atoms with Crippen LogP contribution in [0.1, 0.15) is 25.3 Å². The van der Waals surface area contributed by atoms with Crippen LogP contribution < -0.4 is 0 Å². The summed E-state index contributed by atoms with van der Waals surface area (Å²) in [7, 11) is 0. The zero-order chi connectivity index (χ0) is 11.0. The van der Waals surface area contributed by atoms with Crippen LogP contribution in [-0.4, -0.2) is 4.98 Å². The highest BCUT2D eigenvalue weighted by Gasteiger charge is 2.10. The summed E-state index contributed by atoms with van der Waals surface area (Å²) in [5, 5.41) is 1.22. The second-order valence-electron chi connectivity index (χ2n) is 3.84. The van der Waals surface area contributed by atoms with Crippen molar-refractivity contribution in [3.8, 4) is 0 Å². The summed E-state index contributed by atoms with van der Waals surface area (Å²) in [6.07, 6.45) is 1.88. The lowest BCUT2D eigenvalue weighted by Crippen LogP contribution is -1.93. The van der Waals surface area contributed by atoms with Crippen molar-refractivity contribution >= 4 is 42.8 Å². The lowest BCUT2D eigenvalue weighted by Gasteiger charge is -2.11. The van der Waals surface area contributed by atoms with Crippen molar-refractivity contribution in [2.75, 3.05) is 0 Å². The van der Waals surface area contributed by atoms with E-state index in [1.165, 1.54) is 10.9 Å². The maximum absolute atomic E-state index is 4.41. The summed E-state index contributed by atoms with van der Waals surface area (Å²) >= 11 is 7.02. The summed E-state index contributed by atoms with van der Waals surface area (Å²) in [5.74, 6) is 0.492. The monoisotopic (exact) mass is 327 g/mol. The van der Waals surface area contributed by atoms with Gasteiger partial charge in [0.15, 0.2) is 0 Å². The SMILES string of the molecule is CC(C)c1c(Br)cnc2cc(Br)ccc12. The molecule has 1 aromatic carbocycles. The van der Waals surface area contributed by atoms with Gasteiger partial charge >= 0.3 is 0 Å². The number of halogens is 2. The number of rotatable bonds is 1. The van der Waals surface area contributed by atoms with Crippen molar-refractivity contribution in [1.82, 2.24) is 4.98 Å². The number of aromatic nitrogens is 1. The molecule has 1 heterocycles.